The first-order valence-corrected chi connectivity index (χ1v) is 6.47. The molecule has 14 heavy (non-hydrogen) atoms. The highest BCUT2D eigenvalue weighted by atomic mass is 32.2. The zero-order valence-electron chi connectivity index (χ0n) is 9.12. The Bertz CT molecular complexity index is 162. The second-order valence-corrected chi connectivity index (χ2v) is 4.73. The van der Waals surface area contributed by atoms with Crippen molar-refractivity contribution in [1.29, 1.82) is 0 Å². The Kier molecular flexibility index (Phi) is 9.50. The molecule has 0 aromatic carbocycles. The van der Waals surface area contributed by atoms with E-state index in [0.29, 0.717) is 12.4 Å². The van der Waals surface area contributed by atoms with Crippen molar-refractivity contribution in [2.24, 2.45) is 5.90 Å². The van der Waals surface area contributed by atoms with Crippen molar-refractivity contribution >= 4 is 11.2 Å². The fourth-order valence-corrected chi connectivity index (χ4v) is 2.38. The van der Waals surface area contributed by atoms with E-state index in [9.17, 15) is 4.55 Å². The summed E-state index contributed by atoms with van der Waals surface area (Å²) in [6.07, 6.45) is 6.16. The maximum atomic E-state index is 11.7. The summed E-state index contributed by atoms with van der Waals surface area (Å²) < 4.78 is 11.7. The Hall–Kier alpha value is -0.0300. The van der Waals surface area contributed by atoms with Crippen molar-refractivity contribution in [1.82, 2.24) is 0 Å². The molecule has 0 aliphatic rings. The summed E-state index contributed by atoms with van der Waals surface area (Å²) in [6, 6.07) is 0. The normalized spacial score (nSPS) is 14.4. The minimum absolute atomic E-state index is 0.361. The molecule has 0 aromatic heterocycles. The van der Waals surface area contributed by atoms with E-state index in [1.165, 1.54) is 0 Å². The van der Waals surface area contributed by atoms with E-state index in [0.717, 1.165) is 30.6 Å². The van der Waals surface area contributed by atoms with Gasteiger partial charge in [0.15, 0.2) is 0 Å². The molecule has 2 N–H and O–H groups in total. The Labute approximate surface area is 89.8 Å². The lowest BCUT2D eigenvalue weighted by Gasteiger charge is -2.13. The Morgan fingerprint density at radius 2 is 2.21 bits per heavy atom. The van der Waals surface area contributed by atoms with Crippen molar-refractivity contribution in [2.45, 2.75) is 39.5 Å². The van der Waals surface area contributed by atoms with Gasteiger partial charge in [-0.2, -0.15) is 0 Å². The van der Waals surface area contributed by atoms with E-state index in [4.69, 9.17) is 5.90 Å². The molecular formula is C10H21NO2S. The molecule has 4 heteroatoms. The summed E-state index contributed by atoms with van der Waals surface area (Å²) in [7, 11) is 0. The summed E-state index contributed by atoms with van der Waals surface area (Å²) in [5, 5.41) is 0. The highest BCUT2D eigenvalue weighted by Gasteiger charge is 2.12. The molecule has 0 aromatic rings. The molecule has 3 nitrogen and oxygen atoms in total. The first-order valence-electron chi connectivity index (χ1n) is 5.15. The van der Waals surface area contributed by atoms with Gasteiger partial charge in [0.2, 0.25) is 0 Å². The Morgan fingerprint density at radius 3 is 2.71 bits per heavy atom. The van der Waals surface area contributed by atoms with Crippen LogP contribution in [-0.2, 0) is 16.0 Å². The van der Waals surface area contributed by atoms with Gasteiger partial charge in [0, 0.05) is 6.42 Å². The summed E-state index contributed by atoms with van der Waals surface area (Å²) in [5.74, 6) is 5.40. The minimum Gasteiger partial charge on any atom is -0.612 e. The van der Waals surface area contributed by atoms with Crippen LogP contribution in [0.4, 0.5) is 0 Å². The molecule has 0 saturated carbocycles. The molecular weight excluding hydrogens is 198 g/mol. The van der Waals surface area contributed by atoms with Crippen molar-refractivity contribution in [2.75, 3.05) is 12.4 Å². The molecule has 0 bridgehead atoms. The number of allylic oxidation sites excluding steroid dienone is 2. The first kappa shape index (κ1) is 14.0. The van der Waals surface area contributed by atoms with E-state index in [-0.39, 0.29) is 0 Å². The van der Waals surface area contributed by atoms with Crippen LogP contribution in [-0.4, -0.2) is 16.9 Å². The monoisotopic (exact) mass is 219 g/mol. The molecule has 0 saturated heterocycles. The van der Waals surface area contributed by atoms with Crippen LogP contribution >= 0.6 is 0 Å². The van der Waals surface area contributed by atoms with Crippen LogP contribution < -0.4 is 5.90 Å². The highest BCUT2D eigenvalue weighted by Crippen LogP contribution is 2.16. The lowest BCUT2D eigenvalue weighted by molar-refractivity contribution is 0.154. The number of hydrogen-bond acceptors (Lipinski definition) is 3. The predicted molar refractivity (Wildman–Crippen MR) is 61.0 cm³/mol. The molecule has 84 valence electrons. The molecule has 0 aliphatic carbocycles. The minimum atomic E-state index is -0.903. The van der Waals surface area contributed by atoms with E-state index in [1.54, 1.807) is 0 Å². The molecule has 0 heterocycles. The van der Waals surface area contributed by atoms with Gasteiger partial charge >= 0.3 is 0 Å². The fraction of sp³-hybridized carbons (Fsp3) is 0.800. The van der Waals surface area contributed by atoms with Gasteiger partial charge in [-0.25, -0.2) is 5.90 Å². The molecule has 1 unspecified atom stereocenters. The Morgan fingerprint density at radius 1 is 1.50 bits per heavy atom. The third-order valence-corrected chi connectivity index (χ3v) is 3.38. The van der Waals surface area contributed by atoms with E-state index >= 15 is 0 Å². The van der Waals surface area contributed by atoms with Gasteiger partial charge < -0.3 is 4.55 Å². The molecule has 0 radical (unpaired) electrons. The summed E-state index contributed by atoms with van der Waals surface area (Å²) in [5.41, 5.74) is 0. The molecule has 0 aliphatic heterocycles. The largest absolute Gasteiger partial charge is 0.612 e. The lowest BCUT2D eigenvalue weighted by Crippen LogP contribution is -2.16. The second kappa shape index (κ2) is 9.52. The van der Waals surface area contributed by atoms with Crippen LogP contribution in [0.2, 0.25) is 0 Å². The van der Waals surface area contributed by atoms with E-state index in [1.807, 2.05) is 0 Å². The Balaban J connectivity index is 3.98. The van der Waals surface area contributed by atoms with Gasteiger partial charge in [-0.15, -0.1) is 0 Å². The van der Waals surface area contributed by atoms with Gasteiger partial charge in [0.05, 0.1) is 0 Å². The molecule has 0 amide bonds. The molecule has 1 atom stereocenters. The third kappa shape index (κ3) is 6.43. The summed E-state index contributed by atoms with van der Waals surface area (Å²) >= 11 is -0.903. The smallest absolute Gasteiger partial charge is 0.136 e. The standard InChI is InChI=1S/C10H21NO2S/c1-3-5-7-10(6-4-2)14(12)9-8-13-11/h6H,3-5,7-9,11H2,1-2H3/b10-6+. The maximum Gasteiger partial charge on any atom is 0.136 e. The average Bonchev–Trinajstić information content (AvgIpc) is 2.20. The van der Waals surface area contributed by atoms with Crippen LogP contribution in [0.15, 0.2) is 11.0 Å². The number of hydrogen-bond donors (Lipinski definition) is 1. The highest BCUT2D eigenvalue weighted by molar-refractivity contribution is 7.95. The average molecular weight is 219 g/mol. The molecule has 0 spiro atoms. The van der Waals surface area contributed by atoms with Gasteiger partial charge in [0.1, 0.15) is 17.3 Å². The van der Waals surface area contributed by atoms with Crippen molar-refractivity contribution in [3.63, 3.8) is 0 Å². The SMILES string of the molecule is CC/C=C(\CCCC)[S+]([O-])CCON. The van der Waals surface area contributed by atoms with Gasteiger partial charge in [-0.3, -0.25) is 4.84 Å². The van der Waals surface area contributed by atoms with Crippen molar-refractivity contribution < 1.29 is 9.39 Å². The fourth-order valence-electron chi connectivity index (χ4n) is 1.14. The van der Waals surface area contributed by atoms with Crippen molar-refractivity contribution in [3.05, 3.63) is 11.0 Å². The summed E-state index contributed by atoms with van der Waals surface area (Å²) in [6.45, 7) is 4.55. The van der Waals surface area contributed by atoms with E-state index in [2.05, 4.69) is 24.8 Å². The molecule has 0 rings (SSSR count). The first-order chi connectivity index (χ1) is 6.76. The maximum absolute atomic E-state index is 11.7. The van der Waals surface area contributed by atoms with Crippen LogP contribution in [0.5, 0.6) is 0 Å². The van der Waals surface area contributed by atoms with Crippen LogP contribution in [0.1, 0.15) is 39.5 Å². The summed E-state index contributed by atoms with van der Waals surface area (Å²) in [4.78, 5) is 5.47. The van der Waals surface area contributed by atoms with Crippen LogP contribution in [0, 0.1) is 0 Å². The third-order valence-electron chi connectivity index (χ3n) is 1.89. The zero-order chi connectivity index (χ0) is 10.8. The topological polar surface area (TPSA) is 58.3 Å². The predicted octanol–water partition coefficient (Wildman–Crippen LogP) is 2.11. The lowest BCUT2D eigenvalue weighted by atomic mass is 10.2. The zero-order valence-corrected chi connectivity index (χ0v) is 9.94. The van der Waals surface area contributed by atoms with Crippen molar-refractivity contribution in [3.8, 4) is 0 Å². The van der Waals surface area contributed by atoms with Gasteiger partial charge in [-0.05, 0) is 30.1 Å². The number of nitrogens with two attached hydrogens (primary N) is 1. The number of rotatable bonds is 8. The van der Waals surface area contributed by atoms with Crippen LogP contribution in [0.3, 0.4) is 0 Å². The van der Waals surface area contributed by atoms with Gasteiger partial charge in [-0.1, -0.05) is 20.3 Å². The number of unbranched alkanes of at least 4 members (excludes halogenated alkanes) is 1. The second-order valence-electron chi connectivity index (χ2n) is 3.10. The quantitative estimate of drug-likeness (QED) is 0.502. The van der Waals surface area contributed by atoms with E-state index < -0.39 is 11.2 Å². The molecule has 0 fully saturated rings. The van der Waals surface area contributed by atoms with Gasteiger partial charge in [0.25, 0.3) is 0 Å². The van der Waals surface area contributed by atoms with Crippen LogP contribution in [0.25, 0.3) is 0 Å².